The van der Waals surface area contributed by atoms with Crippen molar-refractivity contribution in [2.75, 3.05) is 4.72 Å². The van der Waals surface area contributed by atoms with Gasteiger partial charge in [-0.15, -0.1) is 10.2 Å². The summed E-state index contributed by atoms with van der Waals surface area (Å²) in [7, 11) is 0. The Hall–Kier alpha value is -1.60. The van der Waals surface area contributed by atoms with Gasteiger partial charge in [-0.25, -0.2) is 0 Å². The van der Waals surface area contributed by atoms with Gasteiger partial charge in [0.1, 0.15) is 5.01 Å². The zero-order chi connectivity index (χ0) is 16.5. The number of rotatable bonds is 10. The van der Waals surface area contributed by atoms with Crippen LogP contribution in [-0.4, -0.2) is 21.3 Å². The molecule has 0 aliphatic carbocycles. The molecule has 0 aliphatic rings. The van der Waals surface area contributed by atoms with E-state index in [0.717, 1.165) is 47.1 Å². The molecule has 0 fully saturated rings. The summed E-state index contributed by atoms with van der Waals surface area (Å²) in [5.74, 6) is -0.701. The van der Waals surface area contributed by atoms with E-state index in [1.807, 2.05) is 6.92 Å². The van der Waals surface area contributed by atoms with Crippen molar-refractivity contribution in [3.8, 4) is 0 Å². The molecule has 2 N–H and O–H groups in total. The van der Waals surface area contributed by atoms with Gasteiger partial charge in [-0.2, -0.15) is 0 Å². The highest BCUT2D eigenvalue weighted by Gasteiger charge is 2.02. The van der Waals surface area contributed by atoms with Crippen LogP contribution >= 0.6 is 23.3 Å². The number of anilines is 1. The highest BCUT2D eigenvalue weighted by Crippen LogP contribution is 2.24. The van der Waals surface area contributed by atoms with Gasteiger partial charge in [0.15, 0.2) is 0 Å². The number of carboxylic acids is 1. The van der Waals surface area contributed by atoms with Crippen LogP contribution in [0.5, 0.6) is 0 Å². The molecule has 2 rings (SSSR count). The van der Waals surface area contributed by atoms with Crippen molar-refractivity contribution in [3.05, 3.63) is 34.8 Å². The van der Waals surface area contributed by atoms with Crippen LogP contribution in [0.25, 0.3) is 0 Å². The van der Waals surface area contributed by atoms with Crippen molar-refractivity contribution >= 4 is 34.4 Å². The van der Waals surface area contributed by atoms with Crippen LogP contribution < -0.4 is 4.72 Å². The number of carbonyl (C=O) groups is 1. The summed E-state index contributed by atoms with van der Waals surface area (Å²) in [6.45, 7) is 1.94. The third kappa shape index (κ3) is 7.00. The van der Waals surface area contributed by atoms with Gasteiger partial charge in [0.2, 0.25) is 5.13 Å². The van der Waals surface area contributed by atoms with Crippen LogP contribution in [-0.2, 0) is 11.2 Å². The zero-order valence-corrected chi connectivity index (χ0v) is 14.8. The Kier molecular flexibility index (Phi) is 7.35. The number of unbranched alkanes of at least 4 members (excludes halogenated alkanes) is 3. The van der Waals surface area contributed by atoms with E-state index in [9.17, 15) is 4.79 Å². The van der Waals surface area contributed by atoms with Crippen LogP contribution in [0, 0.1) is 6.92 Å². The fraction of sp³-hybridized carbons (Fsp3) is 0.438. The van der Waals surface area contributed by atoms with Crippen LogP contribution in [0.1, 0.15) is 42.7 Å². The molecule has 0 saturated carbocycles. The molecule has 0 bridgehead atoms. The quantitative estimate of drug-likeness (QED) is 0.483. The molecule has 5 nitrogen and oxygen atoms in total. The second-order valence-corrected chi connectivity index (χ2v) is 7.35. The molecule has 1 aromatic carbocycles. The number of aromatic nitrogens is 2. The summed E-state index contributed by atoms with van der Waals surface area (Å²) < 4.78 is 3.21. The van der Waals surface area contributed by atoms with E-state index in [2.05, 4.69) is 39.2 Å². The number of hydrogen-bond donors (Lipinski definition) is 2. The van der Waals surface area contributed by atoms with Crippen LogP contribution in [0.15, 0.2) is 29.2 Å². The topological polar surface area (TPSA) is 75.1 Å². The second-order valence-electron chi connectivity index (χ2n) is 5.29. The molecule has 2 aromatic rings. The van der Waals surface area contributed by atoms with Gasteiger partial charge in [-0.05, 0) is 55.8 Å². The maximum atomic E-state index is 10.4. The van der Waals surface area contributed by atoms with Crippen LogP contribution in [0.2, 0.25) is 0 Å². The third-order valence-electron chi connectivity index (χ3n) is 3.29. The molecular weight excluding hydrogens is 330 g/mol. The van der Waals surface area contributed by atoms with Gasteiger partial charge in [-0.1, -0.05) is 36.3 Å². The minimum atomic E-state index is -0.701. The molecule has 0 amide bonds. The van der Waals surface area contributed by atoms with E-state index in [-0.39, 0.29) is 6.42 Å². The van der Waals surface area contributed by atoms with Gasteiger partial charge in [-0.3, -0.25) is 4.79 Å². The van der Waals surface area contributed by atoms with Gasteiger partial charge in [0, 0.05) is 11.3 Å². The first-order valence-electron chi connectivity index (χ1n) is 7.67. The molecule has 0 unspecified atom stereocenters. The number of nitrogens with zero attached hydrogens (tertiary/aromatic N) is 2. The summed E-state index contributed by atoms with van der Waals surface area (Å²) in [5, 5.41) is 18.4. The smallest absolute Gasteiger partial charge is 0.303 e. The first-order chi connectivity index (χ1) is 11.1. The second kappa shape index (κ2) is 9.52. The highest BCUT2D eigenvalue weighted by molar-refractivity contribution is 8.00. The normalized spacial score (nSPS) is 10.7. The summed E-state index contributed by atoms with van der Waals surface area (Å²) in [5.41, 5.74) is 1.31. The Labute approximate surface area is 144 Å². The van der Waals surface area contributed by atoms with Crippen molar-refractivity contribution in [1.82, 2.24) is 10.2 Å². The SMILES string of the molecule is Cc1nnc(NSc2cccc(CCCCCCC(=O)O)c2)s1. The zero-order valence-electron chi connectivity index (χ0n) is 13.1. The maximum absolute atomic E-state index is 10.4. The van der Waals surface area contributed by atoms with E-state index in [1.165, 1.54) is 16.9 Å². The van der Waals surface area contributed by atoms with Crippen molar-refractivity contribution in [3.63, 3.8) is 0 Å². The number of aryl methyl sites for hydroxylation is 2. The summed E-state index contributed by atoms with van der Waals surface area (Å²) in [6.07, 6.45) is 5.24. The summed E-state index contributed by atoms with van der Waals surface area (Å²) >= 11 is 3.08. The molecule has 0 atom stereocenters. The molecular formula is C16H21N3O2S2. The third-order valence-corrected chi connectivity index (χ3v) is 4.96. The Morgan fingerprint density at radius 1 is 1.26 bits per heavy atom. The number of benzene rings is 1. The minimum Gasteiger partial charge on any atom is -0.481 e. The van der Waals surface area contributed by atoms with E-state index in [0.29, 0.717) is 0 Å². The Morgan fingerprint density at radius 2 is 2.09 bits per heavy atom. The minimum absolute atomic E-state index is 0.281. The lowest BCUT2D eigenvalue weighted by atomic mass is 10.1. The maximum Gasteiger partial charge on any atom is 0.303 e. The molecule has 1 aromatic heterocycles. The van der Waals surface area contributed by atoms with E-state index >= 15 is 0 Å². The number of aliphatic carboxylic acids is 1. The number of hydrogen-bond acceptors (Lipinski definition) is 6. The molecule has 0 spiro atoms. The largest absolute Gasteiger partial charge is 0.481 e. The lowest BCUT2D eigenvalue weighted by Gasteiger charge is -2.05. The van der Waals surface area contributed by atoms with Crippen molar-refractivity contribution in [2.24, 2.45) is 0 Å². The van der Waals surface area contributed by atoms with Crippen LogP contribution in [0.3, 0.4) is 0 Å². The standard InChI is InChI=1S/C16H21N3O2S2/c1-12-17-18-16(22-12)19-23-14-9-6-8-13(11-14)7-4-2-3-5-10-15(20)21/h6,8-9,11H,2-5,7,10H2,1H3,(H,18,19)(H,20,21). The van der Waals surface area contributed by atoms with E-state index in [4.69, 9.17) is 5.11 Å². The molecule has 0 aliphatic heterocycles. The van der Waals surface area contributed by atoms with E-state index < -0.39 is 5.97 Å². The predicted octanol–water partition coefficient (Wildman–Crippen LogP) is 4.54. The summed E-state index contributed by atoms with van der Waals surface area (Å²) in [6, 6.07) is 8.45. The van der Waals surface area contributed by atoms with E-state index in [1.54, 1.807) is 11.9 Å². The fourth-order valence-electron chi connectivity index (χ4n) is 2.16. The van der Waals surface area contributed by atoms with Gasteiger partial charge >= 0.3 is 5.97 Å². The Bertz CT molecular complexity index is 631. The average molecular weight is 351 g/mol. The van der Waals surface area contributed by atoms with Crippen LogP contribution in [0.4, 0.5) is 5.13 Å². The Morgan fingerprint density at radius 3 is 2.83 bits per heavy atom. The Balaban J connectivity index is 1.70. The lowest BCUT2D eigenvalue weighted by molar-refractivity contribution is -0.137. The first-order valence-corrected chi connectivity index (χ1v) is 9.30. The van der Waals surface area contributed by atoms with Gasteiger partial charge in [0.05, 0.1) is 0 Å². The monoisotopic (exact) mass is 351 g/mol. The molecule has 124 valence electrons. The fourth-order valence-corrected chi connectivity index (χ4v) is 3.50. The van der Waals surface area contributed by atoms with Crippen molar-refractivity contribution < 1.29 is 9.90 Å². The van der Waals surface area contributed by atoms with Gasteiger partial charge in [0.25, 0.3) is 0 Å². The predicted molar refractivity (Wildman–Crippen MR) is 95.0 cm³/mol. The van der Waals surface area contributed by atoms with Gasteiger partial charge < -0.3 is 9.83 Å². The molecule has 0 radical (unpaired) electrons. The molecule has 7 heteroatoms. The molecule has 23 heavy (non-hydrogen) atoms. The number of nitrogens with one attached hydrogen (secondary N) is 1. The van der Waals surface area contributed by atoms with Crippen molar-refractivity contribution in [1.29, 1.82) is 0 Å². The molecule has 0 saturated heterocycles. The highest BCUT2D eigenvalue weighted by atomic mass is 32.2. The average Bonchev–Trinajstić information content (AvgIpc) is 2.94. The molecule has 1 heterocycles. The van der Waals surface area contributed by atoms with Crippen molar-refractivity contribution in [2.45, 2.75) is 50.3 Å². The number of carboxylic acid groups (broad SMARTS) is 1. The first kappa shape index (κ1) is 17.7. The lowest BCUT2D eigenvalue weighted by Crippen LogP contribution is -1.94. The summed E-state index contributed by atoms with van der Waals surface area (Å²) in [4.78, 5) is 11.6.